The molecule has 5 nitrogen and oxygen atoms in total. The summed E-state index contributed by atoms with van der Waals surface area (Å²) in [6, 6.07) is 8.08. The van der Waals surface area contributed by atoms with E-state index in [0.29, 0.717) is 13.0 Å². The minimum absolute atomic E-state index is 0.0804. The maximum absolute atomic E-state index is 12.4. The summed E-state index contributed by atoms with van der Waals surface area (Å²) in [6.07, 6.45) is 6.44. The van der Waals surface area contributed by atoms with Crippen LogP contribution in [0.5, 0.6) is 0 Å². The van der Waals surface area contributed by atoms with Gasteiger partial charge in [-0.25, -0.2) is 0 Å². The molecule has 0 saturated carbocycles. The van der Waals surface area contributed by atoms with Crippen molar-refractivity contribution in [2.45, 2.75) is 45.1 Å². The molecule has 1 fully saturated rings. The molecule has 0 radical (unpaired) electrons. The molecule has 2 atom stereocenters. The van der Waals surface area contributed by atoms with Gasteiger partial charge in [0.15, 0.2) is 0 Å². The predicted octanol–water partition coefficient (Wildman–Crippen LogP) is 3.43. The number of rotatable bonds is 7. The zero-order valence-corrected chi connectivity index (χ0v) is 15.1. The number of carbonyl (C=O) groups excluding carboxylic acids is 1. The summed E-state index contributed by atoms with van der Waals surface area (Å²) in [5, 5.41) is 3.11. The van der Waals surface area contributed by atoms with Crippen molar-refractivity contribution < 1.29 is 9.21 Å². The van der Waals surface area contributed by atoms with Crippen molar-refractivity contribution in [3.05, 3.63) is 53.7 Å². The minimum Gasteiger partial charge on any atom is -0.465 e. The van der Waals surface area contributed by atoms with Gasteiger partial charge in [0.05, 0.1) is 6.04 Å². The van der Waals surface area contributed by atoms with Gasteiger partial charge in [0.2, 0.25) is 5.91 Å². The van der Waals surface area contributed by atoms with Crippen LogP contribution in [0.3, 0.4) is 0 Å². The second kappa shape index (κ2) is 8.30. The van der Waals surface area contributed by atoms with Crippen LogP contribution < -0.4 is 5.32 Å². The normalized spacial score (nSPS) is 17.4. The molecule has 0 aliphatic carbocycles. The SMILES string of the molecule is Cc1ccc([C@H](CNC(=O)C[C@H](C)c2ccncc2)N2CCCC2)o1. The molecule has 1 amide bonds. The summed E-state index contributed by atoms with van der Waals surface area (Å²) in [6.45, 7) is 6.75. The number of pyridine rings is 1. The van der Waals surface area contributed by atoms with Crippen LogP contribution in [0.1, 0.15) is 55.2 Å². The van der Waals surface area contributed by atoms with E-state index in [0.717, 1.165) is 30.2 Å². The summed E-state index contributed by atoms with van der Waals surface area (Å²) in [7, 11) is 0. The summed E-state index contributed by atoms with van der Waals surface area (Å²) >= 11 is 0. The monoisotopic (exact) mass is 341 g/mol. The molecule has 0 spiro atoms. The lowest BCUT2D eigenvalue weighted by molar-refractivity contribution is -0.121. The second-order valence-electron chi connectivity index (χ2n) is 6.90. The summed E-state index contributed by atoms with van der Waals surface area (Å²) in [5.74, 6) is 2.12. The fraction of sp³-hybridized carbons (Fsp3) is 0.500. The molecule has 2 aromatic heterocycles. The van der Waals surface area contributed by atoms with Gasteiger partial charge in [-0.05, 0) is 68.6 Å². The number of hydrogen-bond donors (Lipinski definition) is 1. The molecule has 0 aromatic carbocycles. The summed E-state index contributed by atoms with van der Waals surface area (Å²) < 4.78 is 5.84. The number of nitrogens with zero attached hydrogens (tertiary/aromatic N) is 2. The molecule has 1 aliphatic rings. The Hall–Kier alpha value is -2.14. The first-order valence-corrected chi connectivity index (χ1v) is 9.10. The van der Waals surface area contributed by atoms with Crippen LogP contribution in [0.25, 0.3) is 0 Å². The maximum Gasteiger partial charge on any atom is 0.220 e. The predicted molar refractivity (Wildman–Crippen MR) is 97.3 cm³/mol. The van der Waals surface area contributed by atoms with Crippen molar-refractivity contribution in [3.8, 4) is 0 Å². The van der Waals surface area contributed by atoms with Gasteiger partial charge in [0, 0.05) is 25.4 Å². The van der Waals surface area contributed by atoms with Gasteiger partial charge in [-0.15, -0.1) is 0 Å². The Morgan fingerprint density at radius 3 is 2.60 bits per heavy atom. The zero-order valence-electron chi connectivity index (χ0n) is 15.1. The van der Waals surface area contributed by atoms with Crippen molar-refractivity contribution >= 4 is 5.91 Å². The topological polar surface area (TPSA) is 58.4 Å². The Kier molecular flexibility index (Phi) is 5.87. The van der Waals surface area contributed by atoms with E-state index in [1.165, 1.54) is 12.8 Å². The molecule has 1 saturated heterocycles. The van der Waals surface area contributed by atoms with Crippen LogP contribution in [-0.2, 0) is 4.79 Å². The van der Waals surface area contributed by atoms with E-state index in [4.69, 9.17) is 4.42 Å². The van der Waals surface area contributed by atoms with E-state index in [1.807, 2.05) is 31.2 Å². The average molecular weight is 341 g/mol. The number of furan rings is 1. The third kappa shape index (κ3) is 4.69. The first-order chi connectivity index (χ1) is 12.1. The lowest BCUT2D eigenvalue weighted by Crippen LogP contribution is -2.36. The Bertz CT molecular complexity index is 677. The van der Waals surface area contributed by atoms with Crippen LogP contribution in [-0.4, -0.2) is 35.4 Å². The van der Waals surface area contributed by atoms with Crippen molar-refractivity contribution in [1.82, 2.24) is 15.2 Å². The van der Waals surface area contributed by atoms with Crippen molar-refractivity contribution in [2.24, 2.45) is 0 Å². The first kappa shape index (κ1) is 17.7. The molecule has 3 rings (SSSR count). The van der Waals surface area contributed by atoms with Crippen molar-refractivity contribution in [3.63, 3.8) is 0 Å². The van der Waals surface area contributed by atoms with Gasteiger partial charge in [-0.3, -0.25) is 14.7 Å². The molecule has 2 aromatic rings. The van der Waals surface area contributed by atoms with Gasteiger partial charge in [-0.1, -0.05) is 6.92 Å². The number of amides is 1. The summed E-state index contributed by atoms with van der Waals surface area (Å²) in [4.78, 5) is 18.8. The summed E-state index contributed by atoms with van der Waals surface area (Å²) in [5.41, 5.74) is 1.14. The lowest BCUT2D eigenvalue weighted by atomic mass is 9.98. The number of aromatic nitrogens is 1. The van der Waals surface area contributed by atoms with Gasteiger partial charge < -0.3 is 9.73 Å². The molecule has 25 heavy (non-hydrogen) atoms. The Morgan fingerprint density at radius 2 is 1.96 bits per heavy atom. The minimum atomic E-state index is 0.0804. The molecule has 5 heteroatoms. The van der Waals surface area contributed by atoms with E-state index in [2.05, 4.69) is 22.1 Å². The van der Waals surface area contributed by atoms with Crippen LogP contribution in [0.15, 0.2) is 41.1 Å². The largest absolute Gasteiger partial charge is 0.465 e. The van der Waals surface area contributed by atoms with Crippen LogP contribution in [0.2, 0.25) is 0 Å². The standard InChI is InChI=1S/C20H27N3O2/c1-15(17-7-9-21-10-8-17)13-20(24)22-14-18(23-11-3-4-12-23)19-6-5-16(2)25-19/h5-10,15,18H,3-4,11-14H2,1-2H3,(H,22,24)/t15-,18-/m0/s1. The molecule has 0 bridgehead atoms. The highest BCUT2D eigenvalue weighted by molar-refractivity contribution is 5.76. The molecule has 3 heterocycles. The number of nitrogens with one attached hydrogen (secondary N) is 1. The highest BCUT2D eigenvalue weighted by Gasteiger charge is 2.26. The number of likely N-dealkylation sites (tertiary alicyclic amines) is 1. The van der Waals surface area contributed by atoms with Crippen molar-refractivity contribution in [2.75, 3.05) is 19.6 Å². The van der Waals surface area contributed by atoms with E-state index in [9.17, 15) is 4.79 Å². The Balaban J connectivity index is 1.58. The number of aryl methyl sites for hydroxylation is 1. The average Bonchev–Trinajstić information content (AvgIpc) is 3.28. The Labute approximate surface area is 149 Å². The van der Waals surface area contributed by atoms with Gasteiger partial charge in [0.1, 0.15) is 11.5 Å². The fourth-order valence-corrected chi connectivity index (χ4v) is 3.47. The van der Waals surface area contributed by atoms with E-state index in [-0.39, 0.29) is 17.9 Å². The lowest BCUT2D eigenvalue weighted by Gasteiger charge is -2.26. The third-order valence-corrected chi connectivity index (χ3v) is 4.93. The third-order valence-electron chi connectivity index (χ3n) is 4.93. The second-order valence-corrected chi connectivity index (χ2v) is 6.90. The van der Waals surface area contributed by atoms with Gasteiger partial charge in [-0.2, -0.15) is 0 Å². The van der Waals surface area contributed by atoms with Crippen LogP contribution in [0.4, 0.5) is 0 Å². The maximum atomic E-state index is 12.4. The van der Waals surface area contributed by atoms with Gasteiger partial charge in [0.25, 0.3) is 0 Å². The molecule has 134 valence electrons. The van der Waals surface area contributed by atoms with Crippen LogP contribution in [0, 0.1) is 6.92 Å². The highest BCUT2D eigenvalue weighted by Crippen LogP contribution is 2.26. The number of hydrogen-bond acceptors (Lipinski definition) is 4. The van der Waals surface area contributed by atoms with E-state index >= 15 is 0 Å². The van der Waals surface area contributed by atoms with Crippen LogP contribution >= 0.6 is 0 Å². The molecule has 1 aliphatic heterocycles. The van der Waals surface area contributed by atoms with E-state index < -0.39 is 0 Å². The van der Waals surface area contributed by atoms with Gasteiger partial charge >= 0.3 is 0 Å². The molecular weight excluding hydrogens is 314 g/mol. The molecule has 1 N–H and O–H groups in total. The van der Waals surface area contributed by atoms with E-state index in [1.54, 1.807) is 12.4 Å². The fourth-order valence-electron chi connectivity index (χ4n) is 3.47. The number of carbonyl (C=O) groups is 1. The first-order valence-electron chi connectivity index (χ1n) is 9.10. The molecule has 0 unspecified atom stereocenters. The quantitative estimate of drug-likeness (QED) is 0.838. The smallest absolute Gasteiger partial charge is 0.220 e. The molecular formula is C20H27N3O2. The Morgan fingerprint density at radius 1 is 1.24 bits per heavy atom. The highest BCUT2D eigenvalue weighted by atomic mass is 16.3. The van der Waals surface area contributed by atoms with Crippen molar-refractivity contribution in [1.29, 1.82) is 0 Å². The zero-order chi connectivity index (χ0) is 17.6.